The van der Waals surface area contributed by atoms with Gasteiger partial charge in [0, 0.05) is 0 Å². The molecule has 0 saturated heterocycles. The number of halogens is 1. The number of aliphatic hydroxyl groups is 1. The quantitative estimate of drug-likeness (QED) is 0.283. The van der Waals surface area contributed by atoms with E-state index in [9.17, 15) is 9.13 Å². The van der Waals surface area contributed by atoms with Gasteiger partial charge >= 0.3 is 45.2 Å². The zero-order valence-electron chi connectivity index (χ0n) is 6.69. The average Bonchev–Trinajstić information content (AvgIpc) is 1.96. The Morgan fingerprint density at radius 2 is 1.73 bits per heavy atom. The summed E-state index contributed by atoms with van der Waals surface area (Å²) in [5, 5.41) is 8.78. The van der Waals surface area contributed by atoms with Crippen molar-refractivity contribution in [3.63, 3.8) is 0 Å². The van der Waals surface area contributed by atoms with Crippen molar-refractivity contribution < 1.29 is 37.8 Å². The normalized spacial score (nSPS) is 17.7. The molecule has 0 heterocycles. The first-order chi connectivity index (χ1) is 6.16. The molecule has 0 radical (unpaired) electrons. The average molecular weight is 294 g/mol. The molecular weight excluding hydrogens is 284 g/mol. The molecule has 0 aliphatic carbocycles. The van der Waals surface area contributed by atoms with Gasteiger partial charge in [-0.2, -0.15) is 4.31 Å². The monoisotopic (exact) mass is 294 g/mol. The molecule has 2 unspecified atom stereocenters. The van der Waals surface area contributed by atoms with Crippen molar-refractivity contribution in [3.05, 3.63) is 0 Å². The molecular formula is C3H10ClNaO8P2. The molecule has 0 aromatic heterocycles. The van der Waals surface area contributed by atoms with Crippen molar-refractivity contribution in [1.82, 2.24) is 0 Å². The summed E-state index contributed by atoms with van der Waals surface area (Å²) < 4.78 is 28.3. The van der Waals surface area contributed by atoms with Crippen molar-refractivity contribution >= 4 is 56.8 Å². The van der Waals surface area contributed by atoms with Gasteiger partial charge in [-0.05, 0) is 0 Å². The third kappa shape index (κ3) is 11.8. The maximum absolute atomic E-state index is 10.7. The fourth-order valence-electron chi connectivity index (χ4n) is 0.383. The van der Waals surface area contributed by atoms with Gasteiger partial charge in [0.2, 0.25) is 0 Å². The molecule has 0 aliphatic heterocycles. The number of phosphoric ester groups is 1. The van der Waals surface area contributed by atoms with Crippen LogP contribution in [0.2, 0.25) is 0 Å². The van der Waals surface area contributed by atoms with E-state index in [1.165, 1.54) is 0 Å². The number of aliphatic hydroxyl groups excluding tert-OH is 1. The van der Waals surface area contributed by atoms with E-state index in [1.54, 1.807) is 0 Å². The zero-order valence-corrected chi connectivity index (χ0v) is 9.23. The van der Waals surface area contributed by atoms with Gasteiger partial charge in [0.15, 0.2) is 0 Å². The zero-order chi connectivity index (χ0) is 11.4. The van der Waals surface area contributed by atoms with Gasteiger partial charge in [0.1, 0.15) is 0 Å². The number of phosphoric acid groups is 2. The summed E-state index contributed by atoms with van der Waals surface area (Å²) in [7, 11) is -9.97. The molecule has 0 amide bonds. The molecule has 0 spiro atoms. The second-order valence-electron chi connectivity index (χ2n) is 2.14. The SMILES string of the molecule is O=P(O)(O)OP(=O)(O)OCC(O)CCl.[NaH]. The van der Waals surface area contributed by atoms with Crippen LogP contribution in [0.3, 0.4) is 0 Å². The topological polar surface area (TPSA) is 134 Å². The minimum atomic E-state index is -5.11. The molecule has 88 valence electrons. The predicted molar refractivity (Wildman–Crippen MR) is 52.8 cm³/mol. The fraction of sp³-hybridized carbons (Fsp3) is 1.00. The Kier molecular flexibility index (Phi) is 9.76. The van der Waals surface area contributed by atoms with Gasteiger partial charge in [-0.25, -0.2) is 9.13 Å². The van der Waals surface area contributed by atoms with Gasteiger partial charge in [-0.3, -0.25) is 4.52 Å². The third-order valence-corrected chi connectivity index (χ3v) is 3.33. The van der Waals surface area contributed by atoms with Gasteiger partial charge in [-0.1, -0.05) is 0 Å². The molecule has 0 aromatic rings. The summed E-state index contributed by atoms with van der Waals surface area (Å²) in [6, 6.07) is 0. The van der Waals surface area contributed by atoms with Crippen LogP contribution in [0.5, 0.6) is 0 Å². The molecule has 0 rings (SSSR count). The van der Waals surface area contributed by atoms with Crippen LogP contribution in [-0.4, -0.2) is 67.9 Å². The van der Waals surface area contributed by atoms with Crippen LogP contribution in [0, 0.1) is 0 Å². The van der Waals surface area contributed by atoms with Crippen LogP contribution in [0.4, 0.5) is 0 Å². The van der Waals surface area contributed by atoms with E-state index in [-0.39, 0.29) is 35.4 Å². The first kappa shape index (κ1) is 18.9. The van der Waals surface area contributed by atoms with E-state index in [4.69, 9.17) is 31.4 Å². The first-order valence-electron chi connectivity index (χ1n) is 3.14. The van der Waals surface area contributed by atoms with E-state index < -0.39 is 28.4 Å². The summed E-state index contributed by atoms with van der Waals surface area (Å²) in [6.07, 6.45) is -1.22. The second kappa shape index (κ2) is 7.76. The van der Waals surface area contributed by atoms with Gasteiger partial charge < -0.3 is 19.8 Å². The fourth-order valence-corrected chi connectivity index (χ4v) is 2.10. The Balaban J connectivity index is 0. The number of hydrogen-bond donors (Lipinski definition) is 4. The van der Waals surface area contributed by atoms with Crippen LogP contribution in [0.1, 0.15) is 0 Å². The third-order valence-electron chi connectivity index (χ3n) is 0.818. The molecule has 0 aromatic carbocycles. The van der Waals surface area contributed by atoms with Crippen molar-refractivity contribution in [2.24, 2.45) is 0 Å². The summed E-state index contributed by atoms with van der Waals surface area (Å²) in [6.45, 7) is -0.669. The molecule has 0 bridgehead atoms. The Morgan fingerprint density at radius 1 is 1.27 bits per heavy atom. The van der Waals surface area contributed by atoms with Crippen LogP contribution < -0.4 is 0 Å². The van der Waals surface area contributed by atoms with Crippen molar-refractivity contribution in [3.8, 4) is 0 Å². The Morgan fingerprint density at radius 3 is 2.07 bits per heavy atom. The standard InChI is InChI=1S/C3H9ClO8P2.Na.H/c4-1-3(5)2-11-14(9,10)12-13(6,7)8;;/h3,5H,1-2H2,(H,9,10)(H2,6,7,8);;. The Hall–Kier alpha value is 1.51. The molecule has 12 heteroatoms. The second-order valence-corrected chi connectivity index (χ2v) is 5.28. The van der Waals surface area contributed by atoms with E-state index >= 15 is 0 Å². The Bertz CT molecular complexity index is 267. The van der Waals surface area contributed by atoms with Crippen molar-refractivity contribution in [2.45, 2.75) is 6.10 Å². The van der Waals surface area contributed by atoms with Gasteiger partial charge in [-0.15, -0.1) is 11.6 Å². The molecule has 0 saturated carbocycles. The summed E-state index contributed by atoms with van der Waals surface area (Å²) in [4.78, 5) is 25.0. The number of alkyl halides is 1. The van der Waals surface area contributed by atoms with Crippen LogP contribution in [-0.2, 0) is 18.0 Å². The summed E-state index contributed by atoms with van der Waals surface area (Å²) in [5.74, 6) is -0.254. The van der Waals surface area contributed by atoms with Crippen LogP contribution in [0.25, 0.3) is 0 Å². The van der Waals surface area contributed by atoms with Crippen molar-refractivity contribution in [1.29, 1.82) is 0 Å². The minimum absolute atomic E-state index is 0. The number of hydrogen-bond acceptors (Lipinski definition) is 5. The van der Waals surface area contributed by atoms with Crippen LogP contribution in [0.15, 0.2) is 0 Å². The molecule has 8 nitrogen and oxygen atoms in total. The molecule has 2 atom stereocenters. The predicted octanol–water partition coefficient (Wildman–Crippen LogP) is -0.836. The summed E-state index contributed by atoms with van der Waals surface area (Å²) in [5.41, 5.74) is 0. The van der Waals surface area contributed by atoms with E-state index in [2.05, 4.69) is 8.83 Å². The molecule has 0 aliphatic rings. The Labute approximate surface area is 113 Å². The molecule has 0 fully saturated rings. The van der Waals surface area contributed by atoms with E-state index in [0.29, 0.717) is 0 Å². The van der Waals surface area contributed by atoms with E-state index in [0.717, 1.165) is 0 Å². The van der Waals surface area contributed by atoms with Crippen molar-refractivity contribution in [2.75, 3.05) is 12.5 Å². The maximum atomic E-state index is 10.7. The first-order valence-corrected chi connectivity index (χ1v) is 6.70. The van der Waals surface area contributed by atoms with E-state index in [1.807, 2.05) is 0 Å². The van der Waals surface area contributed by atoms with Crippen LogP contribution >= 0.6 is 27.2 Å². The number of rotatable bonds is 6. The van der Waals surface area contributed by atoms with Gasteiger partial charge in [0.05, 0.1) is 18.6 Å². The molecule has 15 heavy (non-hydrogen) atoms. The van der Waals surface area contributed by atoms with Gasteiger partial charge in [0.25, 0.3) is 0 Å². The molecule has 4 N–H and O–H groups in total. The summed E-state index contributed by atoms with van der Waals surface area (Å²) >= 11 is 5.12.